The van der Waals surface area contributed by atoms with Gasteiger partial charge < -0.3 is 4.74 Å². The number of nitrogens with zero attached hydrogens (tertiary/aromatic N) is 1. The molecule has 1 aromatic heterocycles. The maximum Gasteiger partial charge on any atom is 0.413 e. The molecule has 1 fully saturated rings. The quantitative estimate of drug-likeness (QED) is 0.899. The molecule has 2 aliphatic rings. The largest absolute Gasteiger partial charge is 0.434 e. The van der Waals surface area contributed by atoms with Crippen LogP contribution in [0.5, 0.6) is 0 Å². The van der Waals surface area contributed by atoms with E-state index < -0.39 is 24.0 Å². The van der Waals surface area contributed by atoms with Gasteiger partial charge in [0.15, 0.2) is 6.10 Å². The highest BCUT2D eigenvalue weighted by molar-refractivity contribution is 6.31. The van der Waals surface area contributed by atoms with Crippen molar-refractivity contribution in [1.82, 2.24) is 4.98 Å². The topological polar surface area (TPSA) is 51.2 Å². The minimum absolute atomic E-state index is 0.0454. The Hall–Kier alpha value is -1.43. The first-order valence-electron chi connectivity index (χ1n) is 5.50. The Morgan fingerprint density at radius 2 is 2.22 bits per heavy atom. The zero-order valence-electron chi connectivity index (χ0n) is 9.12. The normalized spacial score (nSPS) is 23.1. The molecule has 1 atom stereocenters. The van der Waals surface area contributed by atoms with Crippen LogP contribution in [0.1, 0.15) is 24.5 Å². The Morgan fingerprint density at radius 3 is 2.89 bits per heavy atom. The fourth-order valence-corrected chi connectivity index (χ4v) is 2.29. The van der Waals surface area contributed by atoms with Gasteiger partial charge in [-0.2, -0.15) is 0 Å². The molecule has 1 unspecified atom stereocenters. The maximum atomic E-state index is 14.1. The molecule has 1 amide bonds. The first-order valence-corrected chi connectivity index (χ1v) is 5.88. The molecule has 1 N–H and O–H groups in total. The van der Waals surface area contributed by atoms with Crippen LogP contribution in [0, 0.1) is 5.92 Å². The lowest BCUT2D eigenvalue weighted by molar-refractivity contribution is -0.128. The van der Waals surface area contributed by atoms with Crippen molar-refractivity contribution >= 4 is 23.5 Å². The van der Waals surface area contributed by atoms with Crippen LogP contribution in [0.3, 0.4) is 0 Å². The lowest BCUT2D eigenvalue weighted by atomic mass is 9.99. The van der Waals surface area contributed by atoms with Gasteiger partial charge >= 0.3 is 6.09 Å². The lowest BCUT2D eigenvalue weighted by Crippen LogP contribution is -2.38. The number of carbonyl (C=O) groups is 1. The van der Waals surface area contributed by atoms with Crippen molar-refractivity contribution in [2.24, 2.45) is 5.92 Å². The van der Waals surface area contributed by atoms with E-state index in [0.29, 0.717) is 12.8 Å². The Kier molecular flexibility index (Phi) is 2.45. The summed E-state index contributed by atoms with van der Waals surface area (Å²) in [6, 6.07) is 1.40. The summed E-state index contributed by atoms with van der Waals surface area (Å²) in [7, 11) is 0. The van der Waals surface area contributed by atoms with Gasteiger partial charge in [-0.3, -0.25) is 5.32 Å². The van der Waals surface area contributed by atoms with Crippen molar-refractivity contribution in [2.45, 2.75) is 24.9 Å². The molecule has 0 bridgehead atoms. The molecule has 3 rings (SSSR count). The molecule has 96 valence electrons. The third-order valence-corrected chi connectivity index (χ3v) is 3.45. The number of pyridine rings is 1. The minimum atomic E-state index is -3.11. The minimum Gasteiger partial charge on any atom is -0.434 e. The Balaban J connectivity index is 2.09. The molecule has 0 spiro atoms. The fraction of sp³-hybridized carbons (Fsp3) is 0.455. The van der Waals surface area contributed by atoms with Crippen molar-refractivity contribution in [3.63, 3.8) is 0 Å². The Bertz CT molecular complexity index is 520. The van der Waals surface area contributed by atoms with E-state index in [0.717, 1.165) is 0 Å². The van der Waals surface area contributed by atoms with E-state index in [1.165, 1.54) is 12.3 Å². The van der Waals surface area contributed by atoms with Crippen LogP contribution >= 0.6 is 11.6 Å². The van der Waals surface area contributed by atoms with Gasteiger partial charge in [0.05, 0.1) is 10.6 Å². The summed E-state index contributed by atoms with van der Waals surface area (Å²) in [5.74, 6) is -3.82. The van der Waals surface area contributed by atoms with Crippen molar-refractivity contribution < 1.29 is 18.3 Å². The summed E-state index contributed by atoms with van der Waals surface area (Å²) in [5.41, 5.74) is 0.0515. The Labute approximate surface area is 106 Å². The zero-order valence-corrected chi connectivity index (χ0v) is 9.88. The molecule has 7 heteroatoms. The van der Waals surface area contributed by atoms with Crippen LogP contribution in [0.4, 0.5) is 19.4 Å². The average molecular weight is 275 g/mol. The van der Waals surface area contributed by atoms with Crippen LogP contribution in [0.25, 0.3) is 0 Å². The van der Waals surface area contributed by atoms with Crippen molar-refractivity contribution in [3.05, 3.63) is 22.8 Å². The van der Waals surface area contributed by atoms with Crippen LogP contribution < -0.4 is 5.32 Å². The second kappa shape index (κ2) is 3.78. The molecule has 0 saturated heterocycles. The van der Waals surface area contributed by atoms with Crippen molar-refractivity contribution in [2.75, 3.05) is 5.32 Å². The molecule has 1 aromatic rings. The molecule has 4 nitrogen and oxygen atoms in total. The summed E-state index contributed by atoms with van der Waals surface area (Å²) in [6.45, 7) is 0. The molecule has 0 aromatic carbocycles. The number of amides is 1. The van der Waals surface area contributed by atoms with Gasteiger partial charge in [-0.05, 0) is 18.9 Å². The van der Waals surface area contributed by atoms with Crippen LogP contribution in [-0.4, -0.2) is 17.0 Å². The predicted octanol–water partition coefficient (Wildman–Crippen LogP) is 3.38. The number of nitrogens with one attached hydrogen (secondary N) is 1. The van der Waals surface area contributed by atoms with Gasteiger partial charge in [-0.1, -0.05) is 11.6 Å². The van der Waals surface area contributed by atoms with E-state index in [1.807, 2.05) is 0 Å². The number of aromatic nitrogens is 1. The number of ether oxygens (including phenoxy) is 1. The SMILES string of the molecule is O=C1Nc2nccc(Cl)c2C(C(F)(F)C2CC2)O1. The average Bonchev–Trinajstić information content (AvgIpc) is 3.11. The van der Waals surface area contributed by atoms with Crippen molar-refractivity contribution in [1.29, 1.82) is 0 Å². The van der Waals surface area contributed by atoms with Gasteiger partial charge in [0.2, 0.25) is 0 Å². The van der Waals surface area contributed by atoms with Gasteiger partial charge in [0, 0.05) is 12.1 Å². The number of anilines is 1. The summed E-state index contributed by atoms with van der Waals surface area (Å²) in [5, 5.41) is 2.39. The molecule has 1 saturated carbocycles. The molecule has 2 heterocycles. The van der Waals surface area contributed by atoms with E-state index in [1.54, 1.807) is 0 Å². The first-order chi connectivity index (χ1) is 8.50. The highest BCUT2D eigenvalue weighted by Gasteiger charge is 2.57. The number of hydrogen-bond acceptors (Lipinski definition) is 3. The monoisotopic (exact) mass is 274 g/mol. The van der Waals surface area contributed by atoms with E-state index in [4.69, 9.17) is 16.3 Å². The van der Waals surface area contributed by atoms with Crippen molar-refractivity contribution in [3.8, 4) is 0 Å². The van der Waals surface area contributed by atoms with Gasteiger partial charge in [-0.15, -0.1) is 0 Å². The number of fused-ring (bicyclic) bond motifs is 1. The lowest BCUT2D eigenvalue weighted by Gasteiger charge is -2.31. The van der Waals surface area contributed by atoms with Crippen LogP contribution in [0.2, 0.25) is 5.02 Å². The molecular weight excluding hydrogens is 266 g/mol. The molecule has 1 aliphatic carbocycles. The number of alkyl halides is 2. The van der Waals surface area contributed by atoms with E-state index in [2.05, 4.69) is 10.3 Å². The number of carbonyl (C=O) groups excluding carboxylic acids is 1. The summed E-state index contributed by atoms with van der Waals surface area (Å²) < 4.78 is 33.0. The van der Waals surface area contributed by atoms with E-state index in [9.17, 15) is 13.6 Å². The number of rotatable bonds is 2. The first kappa shape index (κ1) is 11.6. The molecule has 1 aliphatic heterocycles. The number of cyclic esters (lactones) is 1. The van der Waals surface area contributed by atoms with Gasteiger partial charge in [-0.25, -0.2) is 18.6 Å². The molecular formula is C11H9ClF2N2O2. The van der Waals surface area contributed by atoms with Gasteiger partial charge in [0.25, 0.3) is 5.92 Å². The summed E-state index contributed by atoms with van der Waals surface area (Å²) in [6.07, 6.45) is -0.375. The van der Waals surface area contributed by atoms with Crippen LogP contribution in [0.15, 0.2) is 12.3 Å². The number of halogens is 3. The third kappa shape index (κ3) is 1.71. The second-order valence-electron chi connectivity index (χ2n) is 4.41. The summed E-state index contributed by atoms with van der Waals surface area (Å²) >= 11 is 5.91. The fourth-order valence-electron chi connectivity index (χ4n) is 2.04. The zero-order chi connectivity index (χ0) is 12.9. The standard InChI is InChI=1S/C11H9ClF2N2O2/c12-6-3-4-15-9-7(6)8(18-10(17)16-9)11(13,14)5-1-2-5/h3-5,8H,1-2H2,(H,15,16,17). The van der Waals surface area contributed by atoms with E-state index >= 15 is 0 Å². The second-order valence-corrected chi connectivity index (χ2v) is 4.82. The highest BCUT2D eigenvalue weighted by atomic mass is 35.5. The molecule has 18 heavy (non-hydrogen) atoms. The smallest absolute Gasteiger partial charge is 0.413 e. The van der Waals surface area contributed by atoms with Gasteiger partial charge in [0.1, 0.15) is 5.82 Å². The number of hydrogen-bond donors (Lipinski definition) is 1. The third-order valence-electron chi connectivity index (χ3n) is 3.12. The summed E-state index contributed by atoms with van der Waals surface area (Å²) in [4.78, 5) is 15.1. The predicted molar refractivity (Wildman–Crippen MR) is 59.8 cm³/mol. The highest BCUT2D eigenvalue weighted by Crippen LogP contribution is 2.53. The van der Waals surface area contributed by atoms with Crippen LogP contribution in [-0.2, 0) is 4.74 Å². The molecule has 0 radical (unpaired) electrons. The Morgan fingerprint density at radius 1 is 1.50 bits per heavy atom. The van der Waals surface area contributed by atoms with E-state index in [-0.39, 0.29) is 16.4 Å². The maximum absolute atomic E-state index is 14.1.